The fourth-order valence-electron chi connectivity index (χ4n) is 3.71. The zero-order chi connectivity index (χ0) is 19.4. The predicted octanol–water partition coefficient (Wildman–Crippen LogP) is 1.56. The van der Waals surface area contributed by atoms with Gasteiger partial charge in [-0.3, -0.25) is 0 Å². The van der Waals surface area contributed by atoms with E-state index in [-0.39, 0.29) is 11.3 Å². The van der Waals surface area contributed by atoms with Gasteiger partial charge in [0.15, 0.2) is 17.3 Å². The summed E-state index contributed by atoms with van der Waals surface area (Å²) in [6, 6.07) is 11.7. The van der Waals surface area contributed by atoms with Crippen molar-refractivity contribution in [1.29, 1.82) is 0 Å². The SMILES string of the molecule is [3H]C([3H])(O)c1noc(-c2ccc(N3CCC4(COc5ccccc54)C3)nn2)n1. The Hall–Kier alpha value is -3.00. The third-order valence-corrected chi connectivity index (χ3v) is 5.04. The molecule has 1 fully saturated rings. The molecule has 8 heteroatoms. The quantitative estimate of drug-likeness (QED) is 0.756. The van der Waals surface area contributed by atoms with Gasteiger partial charge in [-0.25, -0.2) is 0 Å². The van der Waals surface area contributed by atoms with Crippen molar-refractivity contribution < 1.29 is 17.1 Å². The maximum absolute atomic E-state index is 9.30. The fourth-order valence-corrected chi connectivity index (χ4v) is 3.71. The number of fused-ring (bicyclic) bond motifs is 2. The van der Waals surface area contributed by atoms with Crippen LogP contribution in [0.1, 0.15) is 20.6 Å². The van der Waals surface area contributed by atoms with E-state index in [2.05, 4.69) is 31.3 Å². The Morgan fingerprint density at radius 1 is 1.23 bits per heavy atom. The Labute approximate surface area is 152 Å². The summed E-state index contributed by atoms with van der Waals surface area (Å²) in [6.07, 6.45) is 0.978. The van der Waals surface area contributed by atoms with Crippen LogP contribution in [0, 0.1) is 0 Å². The third kappa shape index (κ3) is 2.33. The number of nitrogens with zero attached hydrogens (tertiary/aromatic N) is 5. The van der Waals surface area contributed by atoms with Crippen molar-refractivity contribution in [3.8, 4) is 17.3 Å². The van der Waals surface area contributed by atoms with Crippen LogP contribution < -0.4 is 9.64 Å². The Morgan fingerprint density at radius 3 is 2.96 bits per heavy atom. The van der Waals surface area contributed by atoms with E-state index in [0.29, 0.717) is 12.3 Å². The lowest BCUT2D eigenvalue weighted by molar-refractivity contribution is 0.264. The van der Waals surface area contributed by atoms with Crippen LogP contribution >= 0.6 is 0 Å². The van der Waals surface area contributed by atoms with E-state index in [1.54, 1.807) is 6.07 Å². The van der Waals surface area contributed by atoms with Crippen LogP contribution in [0.4, 0.5) is 5.82 Å². The molecule has 4 heterocycles. The molecule has 1 N–H and O–H groups in total. The summed E-state index contributed by atoms with van der Waals surface area (Å²) in [4.78, 5) is 6.00. The van der Waals surface area contributed by atoms with Crippen LogP contribution in [0.25, 0.3) is 11.6 Å². The van der Waals surface area contributed by atoms with Crippen molar-refractivity contribution in [3.63, 3.8) is 0 Å². The molecule has 0 aliphatic carbocycles. The van der Waals surface area contributed by atoms with Crippen LogP contribution in [0.2, 0.25) is 0 Å². The lowest BCUT2D eigenvalue weighted by Crippen LogP contribution is -2.32. The average Bonchev–Trinajstić information content (AvgIpc) is 3.42. The molecular formula is C18H17N5O3. The molecule has 2 aliphatic heterocycles. The van der Waals surface area contributed by atoms with Gasteiger partial charge >= 0.3 is 0 Å². The molecule has 26 heavy (non-hydrogen) atoms. The number of rotatable bonds is 3. The van der Waals surface area contributed by atoms with Crippen molar-refractivity contribution in [2.24, 2.45) is 0 Å². The van der Waals surface area contributed by atoms with E-state index in [0.717, 1.165) is 31.1 Å². The second kappa shape index (κ2) is 5.77. The first-order valence-corrected chi connectivity index (χ1v) is 8.33. The van der Waals surface area contributed by atoms with Crippen LogP contribution in [0.3, 0.4) is 0 Å². The highest BCUT2D eigenvalue weighted by atomic mass is 16.5. The van der Waals surface area contributed by atoms with E-state index >= 15 is 0 Å². The molecule has 2 aromatic heterocycles. The number of hydrogen-bond donors (Lipinski definition) is 1. The molecule has 0 saturated carbocycles. The van der Waals surface area contributed by atoms with Crippen LogP contribution in [0.5, 0.6) is 5.75 Å². The molecule has 1 spiro atoms. The van der Waals surface area contributed by atoms with Gasteiger partial charge in [0.25, 0.3) is 5.89 Å². The Morgan fingerprint density at radius 2 is 2.15 bits per heavy atom. The topological polar surface area (TPSA) is 97.4 Å². The molecule has 3 aromatic rings. The Kier molecular flexibility index (Phi) is 2.94. The van der Waals surface area contributed by atoms with Crippen molar-refractivity contribution in [1.82, 2.24) is 20.3 Å². The minimum absolute atomic E-state index is 0.00277. The van der Waals surface area contributed by atoms with Crippen LogP contribution in [0.15, 0.2) is 40.9 Å². The molecule has 5 rings (SSSR count). The van der Waals surface area contributed by atoms with Gasteiger partial charge in [0.2, 0.25) is 0 Å². The maximum atomic E-state index is 9.30. The van der Waals surface area contributed by atoms with Gasteiger partial charge in [0, 0.05) is 18.7 Å². The van der Waals surface area contributed by atoms with Crippen molar-refractivity contribution in [2.75, 3.05) is 24.6 Å². The van der Waals surface area contributed by atoms with Crippen LogP contribution in [-0.4, -0.2) is 45.1 Å². The number of aromatic nitrogens is 4. The molecule has 1 atom stereocenters. The lowest BCUT2D eigenvalue weighted by atomic mass is 9.82. The van der Waals surface area contributed by atoms with Crippen LogP contribution in [-0.2, 0) is 12.0 Å². The summed E-state index contributed by atoms with van der Waals surface area (Å²) >= 11 is 0. The standard InChI is InChI=1S/C18H17N5O3/c24-9-15-19-17(26-22-15)13-5-6-16(21-20-13)23-8-7-18(10-23)11-25-14-4-2-1-3-12(14)18/h1-6,24H,7-11H2/i9T2. The summed E-state index contributed by atoms with van der Waals surface area (Å²) in [5.74, 6) is 1.25. The molecule has 1 saturated heterocycles. The van der Waals surface area contributed by atoms with E-state index in [4.69, 9.17) is 12.0 Å². The normalized spacial score (nSPS) is 22.9. The minimum atomic E-state index is -2.67. The number of ether oxygens (including phenoxy) is 1. The molecule has 0 bridgehead atoms. The lowest BCUT2D eigenvalue weighted by Gasteiger charge is -2.23. The van der Waals surface area contributed by atoms with Gasteiger partial charge in [0.05, 0.1) is 14.8 Å². The highest BCUT2D eigenvalue weighted by Gasteiger charge is 2.46. The van der Waals surface area contributed by atoms with E-state index in [9.17, 15) is 5.11 Å². The van der Waals surface area contributed by atoms with Gasteiger partial charge < -0.3 is 19.3 Å². The highest BCUT2D eigenvalue weighted by Crippen LogP contribution is 2.45. The van der Waals surface area contributed by atoms with Crippen molar-refractivity contribution in [2.45, 2.75) is 18.4 Å². The minimum Gasteiger partial charge on any atom is -0.492 e. The second-order valence-electron chi connectivity index (χ2n) is 6.55. The summed E-state index contributed by atoms with van der Waals surface area (Å²) in [5.41, 5.74) is 1.54. The molecule has 0 radical (unpaired) electrons. The molecule has 1 unspecified atom stereocenters. The second-order valence-corrected chi connectivity index (χ2v) is 6.55. The smallest absolute Gasteiger partial charge is 0.278 e. The van der Waals surface area contributed by atoms with Crippen molar-refractivity contribution >= 4 is 5.82 Å². The molecule has 132 valence electrons. The third-order valence-electron chi connectivity index (χ3n) is 5.04. The van der Waals surface area contributed by atoms with Gasteiger partial charge in [0.1, 0.15) is 12.3 Å². The number of aliphatic hydroxyl groups is 1. The first kappa shape index (κ1) is 13.2. The molecule has 2 aliphatic rings. The number of benzene rings is 1. The molecule has 8 nitrogen and oxygen atoms in total. The van der Waals surface area contributed by atoms with E-state index in [1.807, 2.05) is 24.3 Å². The maximum Gasteiger partial charge on any atom is 0.278 e. The summed E-state index contributed by atoms with van der Waals surface area (Å²) in [5, 5.41) is 21.1. The van der Waals surface area contributed by atoms with Gasteiger partial charge in [-0.05, 0) is 24.6 Å². The predicted molar refractivity (Wildman–Crippen MR) is 91.7 cm³/mol. The van der Waals surface area contributed by atoms with E-state index < -0.39 is 12.4 Å². The summed E-state index contributed by atoms with van der Waals surface area (Å²) in [7, 11) is 0. The Balaban J connectivity index is 1.36. The summed E-state index contributed by atoms with van der Waals surface area (Å²) < 4.78 is 25.3. The average molecular weight is 355 g/mol. The Bertz CT molecular complexity index is 1020. The molecule has 0 amide bonds. The monoisotopic (exact) mass is 355 g/mol. The largest absolute Gasteiger partial charge is 0.492 e. The zero-order valence-electron chi connectivity index (χ0n) is 15.8. The number of anilines is 1. The fraction of sp³-hybridized carbons (Fsp3) is 0.333. The zero-order valence-corrected chi connectivity index (χ0v) is 13.8. The first-order valence-electron chi connectivity index (χ1n) is 9.33. The number of hydrogen-bond acceptors (Lipinski definition) is 8. The molecular weight excluding hydrogens is 334 g/mol. The highest BCUT2D eigenvalue weighted by molar-refractivity contribution is 5.52. The summed E-state index contributed by atoms with van der Waals surface area (Å²) in [6.45, 7) is -0.352. The molecule has 1 aromatic carbocycles. The van der Waals surface area contributed by atoms with Gasteiger partial charge in [-0.2, -0.15) is 4.98 Å². The van der Waals surface area contributed by atoms with Gasteiger partial charge in [-0.1, -0.05) is 23.4 Å². The van der Waals surface area contributed by atoms with Crippen molar-refractivity contribution in [3.05, 3.63) is 47.8 Å². The van der Waals surface area contributed by atoms with E-state index in [1.165, 1.54) is 5.56 Å². The van der Waals surface area contributed by atoms with Gasteiger partial charge in [-0.15, -0.1) is 10.2 Å². The first-order chi connectivity index (χ1) is 13.4. The number of para-hydroxylation sites is 1.